The van der Waals surface area contributed by atoms with Crippen LogP contribution >= 0.6 is 0 Å². The standard InChI is InChI=1S/C26H32N4O5S/c1-3-36(31,32)29-10-13-35-25-17-22(4-5-24(25)33-2)26-27-6-7-30(26)23-15-20(14-21(16-23)19-29)18-28-8-11-34-12-9-28/h4-7,14-17H,3,8-13,18-19H2,1-2H3. The van der Waals surface area contributed by atoms with E-state index in [-0.39, 0.29) is 25.4 Å². The Morgan fingerprint density at radius 1 is 1.06 bits per heavy atom. The minimum absolute atomic E-state index is 0.0256. The summed E-state index contributed by atoms with van der Waals surface area (Å²) in [5.74, 6) is 1.94. The van der Waals surface area contributed by atoms with E-state index in [1.165, 1.54) is 4.31 Å². The Labute approximate surface area is 212 Å². The number of fused-ring (bicyclic) bond motifs is 7. The van der Waals surface area contributed by atoms with Crippen molar-refractivity contribution in [1.82, 2.24) is 18.8 Å². The third kappa shape index (κ3) is 5.27. The van der Waals surface area contributed by atoms with Crippen LogP contribution in [0.3, 0.4) is 0 Å². The van der Waals surface area contributed by atoms with E-state index >= 15 is 0 Å². The minimum atomic E-state index is -3.45. The summed E-state index contributed by atoms with van der Waals surface area (Å²) in [6.45, 7) is 6.33. The number of sulfonamides is 1. The molecule has 3 heterocycles. The summed E-state index contributed by atoms with van der Waals surface area (Å²) in [6.07, 6.45) is 3.70. The zero-order chi connectivity index (χ0) is 25.1. The second-order valence-corrected chi connectivity index (χ2v) is 11.2. The molecule has 10 heteroatoms. The van der Waals surface area contributed by atoms with Crippen molar-refractivity contribution in [3.8, 4) is 28.6 Å². The van der Waals surface area contributed by atoms with Gasteiger partial charge in [0.15, 0.2) is 11.5 Å². The van der Waals surface area contributed by atoms with Crippen LogP contribution in [0.4, 0.5) is 0 Å². The lowest BCUT2D eigenvalue weighted by Gasteiger charge is -2.27. The van der Waals surface area contributed by atoms with Crippen molar-refractivity contribution in [2.24, 2.45) is 0 Å². The number of rotatable bonds is 5. The zero-order valence-electron chi connectivity index (χ0n) is 20.7. The smallest absolute Gasteiger partial charge is 0.214 e. The van der Waals surface area contributed by atoms with E-state index < -0.39 is 10.0 Å². The SMILES string of the molecule is CCS(=O)(=O)N1CCOc2cc(ccc2OC)-c2nccn2-c2cc(CN3CCOCC3)cc(c2)C1. The van der Waals surface area contributed by atoms with Crippen molar-refractivity contribution < 1.29 is 22.6 Å². The average molecular weight is 513 g/mol. The molecule has 2 aromatic carbocycles. The maximum Gasteiger partial charge on any atom is 0.214 e. The number of nitrogens with zero attached hydrogens (tertiary/aromatic N) is 4. The molecule has 0 atom stereocenters. The molecule has 36 heavy (non-hydrogen) atoms. The van der Waals surface area contributed by atoms with Gasteiger partial charge in [-0.2, -0.15) is 4.31 Å². The summed E-state index contributed by atoms with van der Waals surface area (Å²) < 4.78 is 46.6. The molecule has 4 bridgehead atoms. The largest absolute Gasteiger partial charge is 0.493 e. The molecule has 9 nitrogen and oxygen atoms in total. The Morgan fingerprint density at radius 3 is 2.67 bits per heavy atom. The van der Waals surface area contributed by atoms with Crippen LogP contribution < -0.4 is 9.47 Å². The summed E-state index contributed by atoms with van der Waals surface area (Å²) in [5.41, 5.74) is 3.87. The first kappa shape index (κ1) is 24.8. The van der Waals surface area contributed by atoms with Crippen LogP contribution in [0.1, 0.15) is 18.1 Å². The number of hydrogen-bond donors (Lipinski definition) is 0. The molecule has 1 saturated heterocycles. The highest BCUT2D eigenvalue weighted by Gasteiger charge is 2.23. The van der Waals surface area contributed by atoms with Gasteiger partial charge in [-0.05, 0) is 48.4 Å². The monoisotopic (exact) mass is 512 g/mol. The molecule has 5 rings (SSSR count). The maximum atomic E-state index is 13.0. The third-order valence-electron chi connectivity index (χ3n) is 6.60. The summed E-state index contributed by atoms with van der Waals surface area (Å²) in [6, 6.07) is 12.0. The van der Waals surface area contributed by atoms with Gasteiger partial charge in [-0.15, -0.1) is 0 Å². The molecule has 2 aliphatic heterocycles. The molecular formula is C26H32N4O5S. The predicted molar refractivity (Wildman–Crippen MR) is 137 cm³/mol. The predicted octanol–water partition coefficient (Wildman–Crippen LogP) is 2.92. The fourth-order valence-electron chi connectivity index (χ4n) is 4.70. The molecule has 0 aliphatic carbocycles. The molecule has 0 unspecified atom stereocenters. The van der Waals surface area contributed by atoms with Crippen LogP contribution in [0.15, 0.2) is 48.8 Å². The van der Waals surface area contributed by atoms with Gasteiger partial charge in [0, 0.05) is 56.4 Å². The maximum absolute atomic E-state index is 13.0. The summed E-state index contributed by atoms with van der Waals surface area (Å²) in [7, 11) is -1.86. The van der Waals surface area contributed by atoms with Gasteiger partial charge in [0.25, 0.3) is 0 Å². The van der Waals surface area contributed by atoms with Gasteiger partial charge in [0.2, 0.25) is 10.0 Å². The van der Waals surface area contributed by atoms with Crippen LogP contribution in [0.5, 0.6) is 11.5 Å². The highest BCUT2D eigenvalue weighted by Crippen LogP contribution is 2.33. The molecule has 0 saturated carbocycles. The molecule has 192 valence electrons. The highest BCUT2D eigenvalue weighted by molar-refractivity contribution is 7.89. The van der Waals surface area contributed by atoms with Crippen molar-refractivity contribution in [2.45, 2.75) is 20.0 Å². The zero-order valence-corrected chi connectivity index (χ0v) is 21.5. The fourth-order valence-corrected chi connectivity index (χ4v) is 5.76. The lowest BCUT2D eigenvalue weighted by Crippen LogP contribution is -2.36. The minimum Gasteiger partial charge on any atom is -0.493 e. The van der Waals surface area contributed by atoms with Crippen LogP contribution in [0, 0.1) is 0 Å². The highest BCUT2D eigenvalue weighted by atomic mass is 32.2. The van der Waals surface area contributed by atoms with Gasteiger partial charge in [-0.3, -0.25) is 9.47 Å². The van der Waals surface area contributed by atoms with E-state index in [1.54, 1.807) is 20.2 Å². The normalized spacial score (nSPS) is 17.3. The lowest BCUT2D eigenvalue weighted by molar-refractivity contribution is 0.0342. The van der Waals surface area contributed by atoms with Gasteiger partial charge in [-0.25, -0.2) is 13.4 Å². The second-order valence-electron chi connectivity index (χ2n) is 8.97. The second kappa shape index (κ2) is 10.6. The van der Waals surface area contributed by atoms with Crippen LogP contribution in [-0.4, -0.2) is 79.5 Å². The molecule has 0 spiro atoms. The Bertz CT molecular complexity index is 1320. The summed E-state index contributed by atoms with van der Waals surface area (Å²) in [5, 5.41) is 0. The molecular weight excluding hydrogens is 480 g/mol. The van der Waals surface area contributed by atoms with Crippen LogP contribution in [0.2, 0.25) is 0 Å². The Hall–Kier alpha value is -2.92. The van der Waals surface area contributed by atoms with Gasteiger partial charge < -0.3 is 14.2 Å². The number of imidazole rings is 1. The van der Waals surface area contributed by atoms with E-state index in [2.05, 4.69) is 28.1 Å². The number of hydrogen-bond acceptors (Lipinski definition) is 7. The molecule has 0 amide bonds. The first-order valence-electron chi connectivity index (χ1n) is 12.2. The lowest BCUT2D eigenvalue weighted by atomic mass is 10.1. The number of ether oxygens (including phenoxy) is 3. The number of methoxy groups -OCH3 is 1. The van der Waals surface area contributed by atoms with Gasteiger partial charge >= 0.3 is 0 Å². The van der Waals surface area contributed by atoms with E-state index in [0.29, 0.717) is 11.5 Å². The topological polar surface area (TPSA) is 86.1 Å². The van der Waals surface area contributed by atoms with E-state index in [4.69, 9.17) is 14.2 Å². The summed E-state index contributed by atoms with van der Waals surface area (Å²) in [4.78, 5) is 7.00. The van der Waals surface area contributed by atoms with E-state index in [0.717, 1.165) is 61.1 Å². The van der Waals surface area contributed by atoms with Crippen molar-refractivity contribution >= 4 is 10.0 Å². The first-order valence-corrected chi connectivity index (χ1v) is 13.8. The van der Waals surface area contributed by atoms with Crippen molar-refractivity contribution in [1.29, 1.82) is 0 Å². The van der Waals surface area contributed by atoms with E-state index in [9.17, 15) is 8.42 Å². The molecule has 0 radical (unpaired) electrons. The van der Waals surface area contributed by atoms with Crippen molar-refractivity contribution in [2.75, 3.05) is 52.3 Å². The molecule has 1 aromatic heterocycles. The number of benzene rings is 2. The molecule has 3 aromatic rings. The molecule has 2 aliphatic rings. The van der Waals surface area contributed by atoms with Gasteiger partial charge in [0.1, 0.15) is 12.4 Å². The number of aromatic nitrogens is 2. The summed E-state index contributed by atoms with van der Waals surface area (Å²) >= 11 is 0. The number of morpholine rings is 1. The Morgan fingerprint density at radius 2 is 1.89 bits per heavy atom. The van der Waals surface area contributed by atoms with Crippen LogP contribution in [-0.2, 0) is 27.8 Å². The van der Waals surface area contributed by atoms with Gasteiger partial charge in [-0.1, -0.05) is 6.07 Å². The Kier molecular flexibility index (Phi) is 7.29. The first-order chi connectivity index (χ1) is 17.5. The average Bonchev–Trinajstić information content (AvgIpc) is 3.38. The van der Waals surface area contributed by atoms with E-state index in [1.807, 2.05) is 29.0 Å². The molecule has 1 fully saturated rings. The quantitative estimate of drug-likeness (QED) is 0.520. The Balaban J connectivity index is 1.63. The van der Waals surface area contributed by atoms with Crippen molar-refractivity contribution in [3.05, 3.63) is 59.9 Å². The van der Waals surface area contributed by atoms with Crippen molar-refractivity contribution in [3.63, 3.8) is 0 Å². The third-order valence-corrected chi connectivity index (χ3v) is 8.43. The van der Waals surface area contributed by atoms with Crippen LogP contribution in [0.25, 0.3) is 17.1 Å². The molecule has 0 N–H and O–H groups in total. The van der Waals surface area contributed by atoms with Gasteiger partial charge in [0.05, 0.1) is 26.1 Å². The fraction of sp³-hybridized carbons (Fsp3) is 0.423.